The Morgan fingerprint density at radius 2 is 1.84 bits per heavy atom. The molecular weight excluding hydrogens is 310 g/mol. The number of aromatic nitrogens is 2. The van der Waals surface area contributed by atoms with E-state index in [4.69, 9.17) is 0 Å². The molecule has 0 saturated heterocycles. The molecule has 3 rings (SSSR count). The van der Waals surface area contributed by atoms with E-state index in [0.717, 1.165) is 42.2 Å². The predicted molar refractivity (Wildman–Crippen MR) is 103 cm³/mol. The van der Waals surface area contributed by atoms with Gasteiger partial charge in [-0.3, -0.25) is 9.97 Å². The molecule has 0 atom stereocenters. The molecule has 128 valence electrons. The van der Waals surface area contributed by atoms with Crippen molar-refractivity contribution in [1.29, 1.82) is 0 Å². The molecule has 0 fully saturated rings. The summed E-state index contributed by atoms with van der Waals surface area (Å²) >= 11 is 0. The first-order chi connectivity index (χ1) is 12.4. The van der Waals surface area contributed by atoms with Gasteiger partial charge in [-0.2, -0.15) is 0 Å². The molecular formula is C20H23N5. The van der Waals surface area contributed by atoms with E-state index < -0.39 is 0 Å². The standard InChI is InChI=1S/C20H23N5/c1-2-21-20(24-14-11-17-8-5-6-12-22-17)25-15-19-18-9-4-3-7-16(18)10-13-23-19/h3-10,12-13H,2,11,14-15H2,1H3,(H2,21,24,25). The minimum absolute atomic E-state index is 0.542. The zero-order valence-electron chi connectivity index (χ0n) is 14.4. The number of hydrogen-bond donors (Lipinski definition) is 2. The molecule has 0 aliphatic carbocycles. The van der Waals surface area contributed by atoms with Crippen molar-refractivity contribution in [3.8, 4) is 0 Å². The summed E-state index contributed by atoms with van der Waals surface area (Å²) in [4.78, 5) is 13.5. The lowest BCUT2D eigenvalue weighted by Crippen LogP contribution is -2.38. The van der Waals surface area contributed by atoms with Crippen LogP contribution >= 0.6 is 0 Å². The van der Waals surface area contributed by atoms with Crippen molar-refractivity contribution in [2.45, 2.75) is 19.9 Å². The summed E-state index contributed by atoms with van der Waals surface area (Å²) in [5.74, 6) is 0.799. The van der Waals surface area contributed by atoms with E-state index in [1.165, 1.54) is 5.39 Å². The molecule has 2 aromatic heterocycles. The topological polar surface area (TPSA) is 62.2 Å². The van der Waals surface area contributed by atoms with E-state index in [1.807, 2.05) is 48.8 Å². The molecule has 0 radical (unpaired) electrons. The summed E-state index contributed by atoms with van der Waals surface area (Å²) in [5.41, 5.74) is 2.06. The van der Waals surface area contributed by atoms with Crippen LogP contribution in [0.3, 0.4) is 0 Å². The number of aliphatic imine (C=N–C) groups is 1. The monoisotopic (exact) mass is 333 g/mol. The fourth-order valence-electron chi connectivity index (χ4n) is 2.66. The second-order valence-electron chi connectivity index (χ2n) is 5.67. The van der Waals surface area contributed by atoms with Gasteiger partial charge in [-0.1, -0.05) is 30.3 Å². The Balaban J connectivity index is 1.65. The van der Waals surface area contributed by atoms with Crippen LogP contribution in [0.1, 0.15) is 18.3 Å². The predicted octanol–water partition coefficient (Wildman–Crippen LogP) is 2.93. The van der Waals surface area contributed by atoms with Crippen molar-refractivity contribution < 1.29 is 0 Å². The second-order valence-corrected chi connectivity index (χ2v) is 5.67. The molecule has 5 heteroatoms. The summed E-state index contributed by atoms with van der Waals surface area (Å²) in [6.07, 6.45) is 4.52. The van der Waals surface area contributed by atoms with Crippen molar-refractivity contribution in [3.05, 3.63) is 72.3 Å². The Hall–Kier alpha value is -2.95. The van der Waals surface area contributed by atoms with Crippen LogP contribution in [0.15, 0.2) is 65.9 Å². The van der Waals surface area contributed by atoms with E-state index in [-0.39, 0.29) is 0 Å². The highest BCUT2D eigenvalue weighted by Gasteiger charge is 2.03. The fourth-order valence-corrected chi connectivity index (χ4v) is 2.66. The molecule has 0 bridgehead atoms. The number of hydrogen-bond acceptors (Lipinski definition) is 3. The number of nitrogens with one attached hydrogen (secondary N) is 2. The first-order valence-corrected chi connectivity index (χ1v) is 8.61. The first-order valence-electron chi connectivity index (χ1n) is 8.61. The van der Waals surface area contributed by atoms with Crippen LogP contribution in [0.5, 0.6) is 0 Å². The van der Waals surface area contributed by atoms with Gasteiger partial charge in [0.05, 0.1) is 12.2 Å². The van der Waals surface area contributed by atoms with Gasteiger partial charge in [0.2, 0.25) is 0 Å². The van der Waals surface area contributed by atoms with Gasteiger partial charge in [0, 0.05) is 43.0 Å². The van der Waals surface area contributed by atoms with E-state index >= 15 is 0 Å². The van der Waals surface area contributed by atoms with Crippen molar-refractivity contribution >= 4 is 16.7 Å². The molecule has 25 heavy (non-hydrogen) atoms. The minimum atomic E-state index is 0.542. The molecule has 0 amide bonds. The third-order valence-corrected chi connectivity index (χ3v) is 3.89. The van der Waals surface area contributed by atoms with Crippen LogP contribution in [0.25, 0.3) is 10.8 Å². The van der Waals surface area contributed by atoms with Gasteiger partial charge in [-0.05, 0) is 30.5 Å². The lowest BCUT2D eigenvalue weighted by molar-refractivity contribution is 0.786. The Morgan fingerprint density at radius 3 is 2.68 bits per heavy atom. The van der Waals surface area contributed by atoms with Crippen LogP contribution < -0.4 is 10.6 Å². The van der Waals surface area contributed by atoms with Crippen molar-refractivity contribution in [2.24, 2.45) is 4.99 Å². The zero-order chi connectivity index (χ0) is 17.3. The van der Waals surface area contributed by atoms with Crippen LogP contribution in [0, 0.1) is 0 Å². The lowest BCUT2D eigenvalue weighted by atomic mass is 10.1. The Bertz CT molecular complexity index is 824. The van der Waals surface area contributed by atoms with Crippen LogP contribution in [-0.2, 0) is 13.0 Å². The first kappa shape index (κ1) is 16.9. The summed E-state index contributed by atoms with van der Waals surface area (Å²) in [5, 5.41) is 8.98. The molecule has 0 aliphatic heterocycles. The average Bonchev–Trinajstić information content (AvgIpc) is 2.67. The third-order valence-electron chi connectivity index (χ3n) is 3.89. The molecule has 5 nitrogen and oxygen atoms in total. The number of pyridine rings is 2. The quantitative estimate of drug-likeness (QED) is 0.538. The molecule has 1 aromatic carbocycles. The lowest BCUT2D eigenvalue weighted by Gasteiger charge is -2.11. The molecule has 3 aromatic rings. The van der Waals surface area contributed by atoms with Crippen LogP contribution in [0.2, 0.25) is 0 Å². The number of fused-ring (bicyclic) bond motifs is 1. The van der Waals surface area contributed by atoms with Crippen LogP contribution in [0.4, 0.5) is 0 Å². The maximum Gasteiger partial charge on any atom is 0.191 e. The van der Waals surface area contributed by atoms with E-state index in [2.05, 4.69) is 44.7 Å². The fraction of sp³-hybridized carbons (Fsp3) is 0.250. The highest BCUT2D eigenvalue weighted by molar-refractivity contribution is 5.85. The molecule has 2 heterocycles. The summed E-state index contributed by atoms with van der Waals surface area (Å²) in [6.45, 7) is 4.20. The Kier molecular flexibility index (Phi) is 5.93. The normalized spacial score (nSPS) is 11.5. The third kappa shape index (κ3) is 4.76. The summed E-state index contributed by atoms with van der Waals surface area (Å²) < 4.78 is 0. The van der Waals surface area contributed by atoms with E-state index in [0.29, 0.717) is 6.54 Å². The van der Waals surface area contributed by atoms with Gasteiger partial charge < -0.3 is 10.6 Å². The SMILES string of the molecule is CCNC(=NCc1nccc2ccccc12)NCCc1ccccn1. The van der Waals surface area contributed by atoms with Gasteiger partial charge in [0.1, 0.15) is 0 Å². The molecule has 0 aliphatic rings. The van der Waals surface area contributed by atoms with Crippen molar-refractivity contribution in [1.82, 2.24) is 20.6 Å². The maximum atomic E-state index is 4.68. The maximum absolute atomic E-state index is 4.68. The molecule has 0 spiro atoms. The average molecular weight is 333 g/mol. The second kappa shape index (κ2) is 8.78. The smallest absolute Gasteiger partial charge is 0.191 e. The Morgan fingerprint density at radius 1 is 0.960 bits per heavy atom. The number of nitrogens with zero attached hydrogens (tertiary/aromatic N) is 3. The summed E-state index contributed by atoms with van der Waals surface area (Å²) in [7, 11) is 0. The molecule has 0 unspecified atom stereocenters. The Labute approximate surface area is 148 Å². The van der Waals surface area contributed by atoms with Gasteiger partial charge >= 0.3 is 0 Å². The number of rotatable bonds is 6. The molecule has 2 N–H and O–H groups in total. The summed E-state index contributed by atoms with van der Waals surface area (Å²) in [6, 6.07) is 16.3. The largest absolute Gasteiger partial charge is 0.357 e. The minimum Gasteiger partial charge on any atom is -0.357 e. The van der Waals surface area contributed by atoms with Gasteiger partial charge in [0.25, 0.3) is 0 Å². The van der Waals surface area contributed by atoms with Gasteiger partial charge in [-0.25, -0.2) is 4.99 Å². The van der Waals surface area contributed by atoms with Gasteiger partial charge in [0.15, 0.2) is 5.96 Å². The zero-order valence-corrected chi connectivity index (χ0v) is 14.4. The van der Waals surface area contributed by atoms with E-state index in [1.54, 1.807) is 0 Å². The molecule has 0 saturated carbocycles. The highest BCUT2D eigenvalue weighted by atomic mass is 15.2. The highest BCUT2D eigenvalue weighted by Crippen LogP contribution is 2.16. The number of benzene rings is 1. The van der Waals surface area contributed by atoms with Crippen molar-refractivity contribution in [2.75, 3.05) is 13.1 Å². The number of guanidine groups is 1. The van der Waals surface area contributed by atoms with Crippen molar-refractivity contribution in [3.63, 3.8) is 0 Å². The van der Waals surface area contributed by atoms with Crippen LogP contribution in [-0.4, -0.2) is 29.0 Å². The van der Waals surface area contributed by atoms with E-state index in [9.17, 15) is 0 Å². The van der Waals surface area contributed by atoms with Gasteiger partial charge in [-0.15, -0.1) is 0 Å².